The van der Waals surface area contributed by atoms with E-state index in [9.17, 15) is 4.79 Å². The summed E-state index contributed by atoms with van der Waals surface area (Å²) in [5, 5.41) is 9.38. The maximum absolute atomic E-state index is 11.7. The highest BCUT2D eigenvalue weighted by Crippen LogP contribution is 2.25. The summed E-state index contributed by atoms with van der Waals surface area (Å²) in [5.74, 6) is 0.204. The van der Waals surface area contributed by atoms with E-state index >= 15 is 0 Å². The molecule has 0 aliphatic carbocycles. The highest BCUT2D eigenvalue weighted by molar-refractivity contribution is 6.32. The highest BCUT2D eigenvalue weighted by Gasteiger charge is 2.11. The van der Waals surface area contributed by atoms with E-state index in [1.54, 1.807) is 32.3 Å². The number of likely N-dealkylation sites (N-methyl/N-ethyl adjacent to an activating group) is 1. The van der Waals surface area contributed by atoms with E-state index in [2.05, 4.69) is 0 Å². The summed E-state index contributed by atoms with van der Waals surface area (Å²) in [6, 6.07) is 6.93. The second-order valence-corrected chi connectivity index (χ2v) is 4.17. The molecule has 0 aromatic heterocycles. The van der Waals surface area contributed by atoms with Crippen LogP contribution >= 0.6 is 11.6 Å². The minimum Gasteiger partial charge on any atom is -0.495 e. The molecule has 1 aromatic carbocycles. The number of hydrogen-bond acceptors (Lipinski definition) is 3. The SMILES string of the molecule is COc1ccc(/C=C(\C#N)C(=O)N(C)C)cc1Cl. The van der Waals surface area contributed by atoms with Crippen molar-refractivity contribution in [2.75, 3.05) is 21.2 Å². The number of methoxy groups -OCH3 is 1. The second kappa shape index (κ2) is 6.08. The maximum atomic E-state index is 11.7. The van der Waals surface area contributed by atoms with Crippen LogP contribution in [0.5, 0.6) is 5.75 Å². The quantitative estimate of drug-likeness (QED) is 0.622. The number of rotatable bonds is 3. The molecule has 1 amide bonds. The Labute approximate surface area is 111 Å². The fourth-order valence-corrected chi connectivity index (χ4v) is 1.59. The molecular formula is C13H13ClN2O2. The predicted octanol–water partition coefficient (Wildman–Crippen LogP) is 2.34. The summed E-state index contributed by atoms with van der Waals surface area (Å²) in [7, 11) is 4.70. The Balaban J connectivity index is 3.12. The topological polar surface area (TPSA) is 53.3 Å². The predicted molar refractivity (Wildman–Crippen MR) is 70.3 cm³/mol. The third-order valence-electron chi connectivity index (χ3n) is 2.24. The van der Waals surface area contributed by atoms with Crippen LogP contribution in [-0.4, -0.2) is 32.0 Å². The number of ether oxygens (including phenoxy) is 1. The lowest BCUT2D eigenvalue weighted by atomic mass is 10.1. The van der Waals surface area contributed by atoms with Crippen molar-refractivity contribution in [3.05, 3.63) is 34.4 Å². The van der Waals surface area contributed by atoms with Gasteiger partial charge in [-0.2, -0.15) is 5.26 Å². The van der Waals surface area contributed by atoms with E-state index in [0.29, 0.717) is 16.3 Å². The van der Waals surface area contributed by atoms with Crippen LogP contribution in [-0.2, 0) is 4.79 Å². The Hall–Kier alpha value is -1.99. The molecule has 1 aromatic rings. The van der Waals surface area contributed by atoms with Gasteiger partial charge in [-0.25, -0.2) is 0 Å². The van der Waals surface area contributed by atoms with Gasteiger partial charge >= 0.3 is 0 Å². The molecule has 0 atom stereocenters. The molecule has 0 aliphatic heterocycles. The first-order valence-electron chi connectivity index (χ1n) is 5.16. The molecule has 0 heterocycles. The minimum absolute atomic E-state index is 0.0567. The Kier molecular flexibility index (Phi) is 4.75. The largest absolute Gasteiger partial charge is 0.495 e. The molecule has 0 bridgehead atoms. The summed E-state index contributed by atoms with van der Waals surface area (Å²) in [4.78, 5) is 13.0. The molecule has 94 valence electrons. The summed E-state index contributed by atoms with van der Waals surface area (Å²) in [5.41, 5.74) is 0.730. The van der Waals surface area contributed by atoms with Gasteiger partial charge in [-0.15, -0.1) is 0 Å². The first-order valence-corrected chi connectivity index (χ1v) is 5.54. The van der Waals surface area contributed by atoms with Gasteiger partial charge in [0.1, 0.15) is 17.4 Å². The molecule has 0 fully saturated rings. The van der Waals surface area contributed by atoms with Gasteiger partial charge in [0.25, 0.3) is 5.91 Å². The Bertz CT molecular complexity index is 530. The monoisotopic (exact) mass is 264 g/mol. The summed E-state index contributed by atoms with van der Waals surface area (Å²) in [6.07, 6.45) is 1.49. The first kappa shape index (κ1) is 14.1. The van der Waals surface area contributed by atoms with Gasteiger partial charge in [0.2, 0.25) is 0 Å². The molecule has 18 heavy (non-hydrogen) atoms. The number of halogens is 1. The van der Waals surface area contributed by atoms with Crippen molar-refractivity contribution in [1.29, 1.82) is 5.26 Å². The molecular weight excluding hydrogens is 252 g/mol. The summed E-state index contributed by atoms with van der Waals surface area (Å²) >= 11 is 5.97. The lowest BCUT2D eigenvalue weighted by Crippen LogP contribution is -2.22. The number of nitrogens with zero attached hydrogens (tertiary/aromatic N) is 2. The van der Waals surface area contributed by atoms with Gasteiger partial charge < -0.3 is 9.64 Å². The molecule has 0 saturated carbocycles. The lowest BCUT2D eigenvalue weighted by Gasteiger charge is -2.09. The average molecular weight is 265 g/mol. The van der Waals surface area contributed by atoms with Crippen LogP contribution in [0.25, 0.3) is 6.08 Å². The number of hydrogen-bond donors (Lipinski definition) is 0. The van der Waals surface area contributed by atoms with Gasteiger partial charge in [0, 0.05) is 14.1 Å². The minimum atomic E-state index is -0.343. The van der Waals surface area contributed by atoms with E-state index in [0.717, 1.165) is 0 Å². The number of nitriles is 1. The first-order chi connectivity index (χ1) is 8.49. The van der Waals surface area contributed by atoms with Crippen LogP contribution < -0.4 is 4.74 Å². The Morgan fingerprint density at radius 1 is 1.50 bits per heavy atom. The summed E-state index contributed by atoms with van der Waals surface area (Å²) in [6.45, 7) is 0. The second-order valence-electron chi connectivity index (χ2n) is 3.76. The molecule has 0 N–H and O–H groups in total. The number of carbonyl (C=O) groups is 1. The van der Waals surface area contributed by atoms with Crippen LogP contribution in [0.15, 0.2) is 23.8 Å². The smallest absolute Gasteiger partial charge is 0.264 e. The van der Waals surface area contributed by atoms with E-state index < -0.39 is 0 Å². The van der Waals surface area contributed by atoms with Crippen molar-refractivity contribution < 1.29 is 9.53 Å². The maximum Gasteiger partial charge on any atom is 0.264 e. The molecule has 0 unspecified atom stereocenters. The zero-order chi connectivity index (χ0) is 13.7. The van der Waals surface area contributed by atoms with Crippen LogP contribution in [0.3, 0.4) is 0 Å². The van der Waals surface area contributed by atoms with E-state index in [1.807, 2.05) is 6.07 Å². The Morgan fingerprint density at radius 3 is 2.61 bits per heavy atom. The van der Waals surface area contributed by atoms with Crippen molar-refractivity contribution in [3.8, 4) is 11.8 Å². The van der Waals surface area contributed by atoms with Crippen LogP contribution in [0.2, 0.25) is 5.02 Å². The van der Waals surface area contributed by atoms with Gasteiger partial charge in [-0.3, -0.25) is 4.79 Å². The van der Waals surface area contributed by atoms with Gasteiger partial charge in [-0.1, -0.05) is 17.7 Å². The average Bonchev–Trinajstić information content (AvgIpc) is 2.35. The number of amides is 1. The van der Waals surface area contributed by atoms with Crippen molar-refractivity contribution >= 4 is 23.6 Å². The van der Waals surface area contributed by atoms with E-state index in [4.69, 9.17) is 21.6 Å². The Morgan fingerprint density at radius 2 is 2.17 bits per heavy atom. The molecule has 0 saturated heterocycles. The molecule has 1 rings (SSSR count). The number of carbonyl (C=O) groups excluding carboxylic acids is 1. The standard InChI is InChI=1S/C13H13ClN2O2/c1-16(2)13(17)10(8-15)6-9-4-5-12(18-3)11(14)7-9/h4-7H,1-3H3/b10-6+. The van der Waals surface area contributed by atoms with Crippen LogP contribution in [0.1, 0.15) is 5.56 Å². The molecule has 0 aliphatic rings. The van der Waals surface area contributed by atoms with Crippen molar-refractivity contribution in [2.24, 2.45) is 0 Å². The molecule has 5 heteroatoms. The highest BCUT2D eigenvalue weighted by atomic mass is 35.5. The number of benzene rings is 1. The van der Waals surface area contributed by atoms with Crippen LogP contribution in [0, 0.1) is 11.3 Å². The van der Waals surface area contributed by atoms with Crippen LogP contribution in [0.4, 0.5) is 0 Å². The molecule has 0 spiro atoms. The normalized spacial score (nSPS) is 10.7. The zero-order valence-corrected chi connectivity index (χ0v) is 11.2. The molecule has 0 radical (unpaired) electrons. The van der Waals surface area contributed by atoms with Crippen molar-refractivity contribution in [2.45, 2.75) is 0 Å². The zero-order valence-electron chi connectivity index (χ0n) is 10.4. The lowest BCUT2D eigenvalue weighted by molar-refractivity contribution is -0.124. The molecule has 4 nitrogen and oxygen atoms in total. The summed E-state index contributed by atoms with van der Waals surface area (Å²) < 4.78 is 5.02. The van der Waals surface area contributed by atoms with Gasteiger partial charge in [0.15, 0.2) is 0 Å². The third-order valence-corrected chi connectivity index (χ3v) is 2.54. The van der Waals surface area contributed by atoms with Crippen molar-refractivity contribution in [3.63, 3.8) is 0 Å². The fraction of sp³-hybridized carbons (Fsp3) is 0.231. The van der Waals surface area contributed by atoms with E-state index in [-0.39, 0.29) is 11.5 Å². The van der Waals surface area contributed by atoms with E-state index in [1.165, 1.54) is 18.1 Å². The van der Waals surface area contributed by atoms with Gasteiger partial charge in [-0.05, 0) is 23.8 Å². The third kappa shape index (κ3) is 3.25. The fourth-order valence-electron chi connectivity index (χ4n) is 1.32. The van der Waals surface area contributed by atoms with Crippen molar-refractivity contribution in [1.82, 2.24) is 4.90 Å². The van der Waals surface area contributed by atoms with Gasteiger partial charge in [0.05, 0.1) is 12.1 Å².